The van der Waals surface area contributed by atoms with Crippen LogP contribution >= 0.6 is 0 Å². The first-order valence-electron chi connectivity index (χ1n) is 10.8. The number of aromatic nitrogens is 2. The number of aryl methyl sites for hydroxylation is 2. The highest BCUT2D eigenvalue weighted by Crippen LogP contribution is 2.40. The van der Waals surface area contributed by atoms with Crippen molar-refractivity contribution in [3.05, 3.63) is 70.7 Å². The number of carbonyl (C=O) groups excluding carboxylic acids is 2. The number of aliphatic hydroxyl groups is 1. The quantitative estimate of drug-likeness (QED) is 0.354. The van der Waals surface area contributed by atoms with Crippen LogP contribution in [-0.4, -0.2) is 70.3 Å². The Hall–Kier alpha value is -3.65. The predicted molar refractivity (Wildman–Crippen MR) is 125 cm³/mol. The zero-order valence-electron chi connectivity index (χ0n) is 19.5. The molecule has 1 aliphatic heterocycles. The first-order valence-corrected chi connectivity index (χ1v) is 10.8. The number of likely N-dealkylation sites (N-methyl/N-ethyl adjacent to an activating group) is 1. The molecule has 1 amide bonds. The molecule has 4 rings (SSSR count). The molecule has 8 heteroatoms. The molecule has 0 radical (unpaired) electrons. The Morgan fingerprint density at radius 3 is 2.64 bits per heavy atom. The van der Waals surface area contributed by atoms with Gasteiger partial charge in [0.25, 0.3) is 11.7 Å². The molecule has 2 aromatic heterocycles. The number of amides is 1. The minimum atomic E-state index is -0.741. The van der Waals surface area contributed by atoms with E-state index in [0.717, 1.165) is 5.56 Å². The lowest BCUT2D eigenvalue weighted by molar-refractivity contribution is -0.140. The first-order chi connectivity index (χ1) is 15.7. The predicted octanol–water partition coefficient (Wildman–Crippen LogP) is 2.94. The van der Waals surface area contributed by atoms with Crippen LogP contribution in [-0.2, 0) is 9.59 Å². The number of pyridine rings is 1. The minimum absolute atomic E-state index is 0.0541. The zero-order chi connectivity index (χ0) is 23.9. The van der Waals surface area contributed by atoms with E-state index in [1.54, 1.807) is 36.8 Å². The van der Waals surface area contributed by atoms with Crippen molar-refractivity contribution >= 4 is 23.1 Å². The van der Waals surface area contributed by atoms with Crippen LogP contribution in [0.2, 0.25) is 0 Å². The topological polar surface area (TPSA) is 87.4 Å². The van der Waals surface area contributed by atoms with Crippen molar-refractivity contribution in [1.29, 1.82) is 0 Å². The van der Waals surface area contributed by atoms with E-state index in [9.17, 15) is 14.7 Å². The number of likely N-dealkylation sites (tertiary alicyclic amines) is 1. The fraction of sp³-hybridized carbons (Fsp3) is 0.320. The molecule has 1 aromatic carbocycles. The highest BCUT2D eigenvalue weighted by molar-refractivity contribution is 6.46. The van der Waals surface area contributed by atoms with Crippen molar-refractivity contribution in [2.45, 2.75) is 19.9 Å². The third-order valence-corrected chi connectivity index (χ3v) is 5.98. The van der Waals surface area contributed by atoms with E-state index in [0.29, 0.717) is 41.4 Å². The minimum Gasteiger partial charge on any atom is -0.505 e. The second-order valence-electron chi connectivity index (χ2n) is 8.50. The van der Waals surface area contributed by atoms with E-state index in [2.05, 4.69) is 4.98 Å². The standard InChI is InChI=1S/C25H28N4O4/c1-15-8-7-11-28-20(16(2)26-24(15)28)22(30)19-21(17-9-6-10-18(14-17)33-5)29(13-12-27(3)4)25(32)23(19)31/h6-11,14,21,30H,12-13H2,1-5H3/t21-/m1/s1. The molecule has 3 aromatic rings. The van der Waals surface area contributed by atoms with Crippen molar-refractivity contribution in [1.82, 2.24) is 19.2 Å². The molecule has 33 heavy (non-hydrogen) atoms. The van der Waals surface area contributed by atoms with Gasteiger partial charge in [0.1, 0.15) is 17.1 Å². The van der Waals surface area contributed by atoms with Crippen LogP contribution in [0.4, 0.5) is 0 Å². The van der Waals surface area contributed by atoms with Gasteiger partial charge in [-0.05, 0) is 57.3 Å². The third kappa shape index (κ3) is 3.87. The number of methoxy groups -OCH3 is 1. The number of aliphatic hydroxyl groups excluding tert-OH is 1. The smallest absolute Gasteiger partial charge is 0.295 e. The third-order valence-electron chi connectivity index (χ3n) is 5.98. The second-order valence-corrected chi connectivity index (χ2v) is 8.50. The SMILES string of the molecule is COc1cccc([C@@H]2C(=C(O)c3c(C)nc4c(C)cccn34)C(=O)C(=O)N2CCN(C)C)c1. The Kier molecular flexibility index (Phi) is 5.95. The summed E-state index contributed by atoms with van der Waals surface area (Å²) in [5, 5.41) is 11.5. The number of nitrogens with zero attached hydrogens (tertiary/aromatic N) is 4. The number of rotatable bonds is 6. The zero-order valence-corrected chi connectivity index (χ0v) is 19.5. The largest absolute Gasteiger partial charge is 0.505 e. The molecule has 0 unspecified atom stereocenters. The summed E-state index contributed by atoms with van der Waals surface area (Å²) in [5.41, 5.74) is 3.36. The Bertz CT molecular complexity index is 1270. The lowest BCUT2D eigenvalue weighted by Crippen LogP contribution is -2.35. The molecular weight excluding hydrogens is 420 g/mol. The average molecular weight is 449 g/mol. The Morgan fingerprint density at radius 1 is 1.18 bits per heavy atom. The fourth-order valence-corrected chi connectivity index (χ4v) is 4.31. The van der Waals surface area contributed by atoms with Crippen molar-refractivity contribution in [2.75, 3.05) is 34.3 Å². The van der Waals surface area contributed by atoms with Crippen LogP contribution in [0.1, 0.15) is 28.6 Å². The maximum absolute atomic E-state index is 13.3. The summed E-state index contributed by atoms with van der Waals surface area (Å²) < 4.78 is 7.13. The highest BCUT2D eigenvalue weighted by Gasteiger charge is 2.46. The highest BCUT2D eigenvalue weighted by atomic mass is 16.5. The number of Topliss-reactive ketones (excluding diaryl/α,β-unsaturated/α-hetero) is 1. The van der Waals surface area contributed by atoms with Crippen LogP contribution < -0.4 is 4.74 Å². The monoisotopic (exact) mass is 448 g/mol. The van der Waals surface area contributed by atoms with Crippen LogP contribution in [0.5, 0.6) is 5.75 Å². The molecule has 1 saturated heterocycles. The molecule has 0 bridgehead atoms. The number of hydrogen-bond donors (Lipinski definition) is 1. The van der Waals surface area contributed by atoms with Gasteiger partial charge in [0.05, 0.1) is 24.4 Å². The van der Waals surface area contributed by atoms with E-state index in [4.69, 9.17) is 4.74 Å². The molecular formula is C25H28N4O4. The van der Waals surface area contributed by atoms with Crippen LogP contribution in [0.15, 0.2) is 48.2 Å². The molecule has 1 aliphatic rings. The normalized spacial score (nSPS) is 18.0. The Morgan fingerprint density at radius 2 is 1.94 bits per heavy atom. The molecule has 1 atom stereocenters. The van der Waals surface area contributed by atoms with Gasteiger partial charge in [-0.3, -0.25) is 14.0 Å². The Balaban J connectivity index is 1.95. The lowest BCUT2D eigenvalue weighted by atomic mass is 9.96. The van der Waals surface area contributed by atoms with Gasteiger partial charge in [0, 0.05) is 19.3 Å². The fourth-order valence-electron chi connectivity index (χ4n) is 4.31. The van der Waals surface area contributed by atoms with E-state index in [1.807, 2.05) is 50.2 Å². The summed E-state index contributed by atoms with van der Waals surface area (Å²) in [4.78, 5) is 34.4. The molecule has 1 N–H and O–H groups in total. The molecule has 1 fully saturated rings. The molecule has 8 nitrogen and oxygen atoms in total. The van der Waals surface area contributed by atoms with E-state index in [-0.39, 0.29) is 11.3 Å². The van der Waals surface area contributed by atoms with E-state index < -0.39 is 17.7 Å². The van der Waals surface area contributed by atoms with Gasteiger partial charge in [-0.25, -0.2) is 4.98 Å². The van der Waals surface area contributed by atoms with Crippen LogP contribution in [0, 0.1) is 13.8 Å². The van der Waals surface area contributed by atoms with Gasteiger partial charge in [0.2, 0.25) is 0 Å². The summed E-state index contributed by atoms with van der Waals surface area (Å²) >= 11 is 0. The van der Waals surface area contributed by atoms with Gasteiger partial charge >= 0.3 is 0 Å². The van der Waals surface area contributed by atoms with Crippen molar-refractivity contribution < 1.29 is 19.4 Å². The van der Waals surface area contributed by atoms with Crippen LogP contribution in [0.3, 0.4) is 0 Å². The van der Waals surface area contributed by atoms with Crippen molar-refractivity contribution in [3.63, 3.8) is 0 Å². The number of ether oxygens (including phenoxy) is 1. The number of carbonyl (C=O) groups is 2. The molecule has 0 aliphatic carbocycles. The average Bonchev–Trinajstić information content (AvgIpc) is 3.26. The number of fused-ring (bicyclic) bond motifs is 1. The van der Waals surface area contributed by atoms with Gasteiger partial charge in [-0.15, -0.1) is 0 Å². The lowest BCUT2D eigenvalue weighted by Gasteiger charge is -2.26. The second kappa shape index (κ2) is 8.71. The van der Waals surface area contributed by atoms with Gasteiger partial charge in [-0.2, -0.15) is 0 Å². The summed E-state index contributed by atoms with van der Waals surface area (Å²) in [6.45, 7) is 4.62. The van der Waals surface area contributed by atoms with Crippen molar-refractivity contribution in [3.8, 4) is 5.75 Å². The summed E-state index contributed by atoms with van der Waals surface area (Å²) in [6, 6.07) is 10.3. The summed E-state index contributed by atoms with van der Waals surface area (Å²) in [6.07, 6.45) is 1.79. The van der Waals surface area contributed by atoms with Gasteiger partial charge in [-0.1, -0.05) is 18.2 Å². The summed E-state index contributed by atoms with van der Waals surface area (Å²) in [7, 11) is 5.37. The number of benzene rings is 1. The van der Waals surface area contributed by atoms with E-state index in [1.165, 1.54) is 4.90 Å². The number of ketones is 1. The molecule has 3 heterocycles. The number of imidazole rings is 1. The van der Waals surface area contributed by atoms with Crippen molar-refractivity contribution in [2.24, 2.45) is 0 Å². The van der Waals surface area contributed by atoms with Crippen LogP contribution in [0.25, 0.3) is 11.4 Å². The first kappa shape index (κ1) is 22.5. The van der Waals surface area contributed by atoms with Gasteiger partial charge < -0.3 is 19.6 Å². The molecule has 0 saturated carbocycles. The Labute approximate surface area is 192 Å². The van der Waals surface area contributed by atoms with E-state index >= 15 is 0 Å². The number of hydrogen-bond acceptors (Lipinski definition) is 6. The molecule has 172 valence electrons. The maximum Gasteiger partial charge on any atom is 0.295 e. The molecule has 0 spiro atoms. The maximum atomic E-state index is 13.3. The van der Waals surface area contributed by atoms with Gasteiger partial charge in [0.15, 0.2) is 5.76 Å². The summed E-state index contributed by atoms with van der Waals surface area (Å²) in [5.74, 6) is -0.966.